The molecule has 6 nitrogen and oxygen atoms in total. The summed E-state index contributed by atoms with van der Waals surface area (Å²) in [5.41, 5.74) is 1.57. The highest BCUT2D eigenvalue weighted by Gasteiger charge is 2.74. The number of halogens is 2. The summed E-state index contributed by atoms with van der Waals surface area (Å²) in [5.74, 6) is -2.05. The van der Waals surface area contributed by atoms with Crippen molar-refractivity contribution in [2.45, 2.75) is 31.3 Å². The van der Waals surface area contributed by atoms with E-state index in [9.17, 15) is 14.4 Å². The van der Waals surface area contributed by atoms with Gasteiger partial charge in [0, 0.05) is 21.1 Å². The van der Waals surface area contributed by atoms with Crippen LogP contribution >= 0.6 is 27.5 Å². The molecule has 3 amide bonds. The first kappa shape index (κ1) is 19.5. The standard InChI is InChI=1S/C23H19BrClN3O3/c1-11-15(25)8-7-14-19(11)26-22(31)23(14)18-17(16-6-3-9-27(16)23)20(29)28(21(18)30)13-5-2-4-12(24)10-13/h2,4-5,7-8,10,16-18H,3,6,9H2,1H3,(H,26,31)/t16-,17-,18-,23-/m0/s1. The Balaban J connectivity index is 1.57. The van der Waals surface area contributed by atoms with Gasteiger partial charge in [-0.05, 0) is 56.1 Å². The van der Waals surface area contributed by atoms with E-state index in [4.69, 9.17) is 11.6 Å². The Kier molecular flexibility index (Phi) is 4.02. The summed E-state index contributed by atoms with van der Waals surface area (Å²) in [7, 11) is 0. The van der Waals surface area contributed by atoms with Crippen molar-refractivity contribution in [3.63, 3.8) is 0 Å². The molecule has 1 spiro atoms. The monoisotopic (exact) mass is 499 g/mol. The van der Waals surface area contributed by atoms with Gasteiger partial charge < -0.3 is 5.32 Å². The van der Waals surface area contributed by atoms with E-state index in [1.165, 1.54) is 4.90 Å². The largest absolute Gasteiger partial charge is 0.324 e. The lowest BCUT2D eigenvalue weighted by molar-refractivity contribution is -0.135. The Morgan fingerprint density at radius 3 is 2.74 bits per heavy atom. The predicted molar refractivity (Wildman–Crippen MR) is 120 cm³/mol. The zero-order valence-corrected chi connectivity index (χ0v) is 19.0. The van der Waals surface area contributed by atoms with Crippen LogP contribution in [0.25, 0.3) is 0 Å². The highest BCUT2D eigenvalue weighted by atomic mass is 79.9. The van der Waals surface area contributed by atoms with Crippen LogP contribution in [-0.2, 0) is 19.9 Å². The molecule has 0 radical (unpaired) electrons. The number of amides is 3. The third kappa shape index (κ3) is 2.24. The molecule has 1 N–H and O–H groups in total. The minimum absolute atomic E-state index is 0.133. The number of benzene rings is 2. The molecule has 0 unspecified atom stereocenters. The molecule has 3 saturated heterocycles. The fourth-order valence-electron chi connectivity index (χ4n) is 6.26. The lowest BCUT2D eigenvalue weighted by Gasteiger charge is -2.36. The Labute approximate surface area is 192 Å². The molecule has 3 fully saturated rings. The van der Waals surface area contributed by atoms with E-state index in [1.54, 1.807) is 24.3 Å². The molecule has 2 aromatic rings. The number of anilines is 2. The van der Waals surface area contributed by atoms with Crippen molar-refractivity contribution in [2.75, 3.05) is 16.8 Å². The zero-order valence-electron chi connectivity index (χ0n) is 16.7. The number of fused-ring (bicyclic) bond motifs is 7. The van der Waals surface area contributed by atoms with E-state index in [2.05, 4.69) is 26.1 Å². The number of nitrogens with zero attached hydrogens (tertiary/aromatic N) is 2. The molecule has 4 atom stereocenters. The highest BCUT2D eigenvalue weighted by Crippen LogP contribution is 2.61. The summed E-state index contributed by atoms with van der Waals surface area (Å²) >= 11 is 9.76. The van der Waals surface area contributed by atoms with Crippen LogP contribution in [0, 0.1) is 18.8 Å². The number of carbonyl (C=O) groups is 3. The summed E-state index contributed by atoms with van der Waals surface area (Å²) in [5, 5.41) is 3.57. The molecular formula is C23H19BrClN3O3. The zero-order chi connectivity index (χ0) is 21.7. The number of rotatable bonds is 1. The maximum absolute atomic E-state index is 13.9. The first-order valence-electron chi connectivity index (χ1n) is 10.4. The van der Waals surface area contributed by atoms with Crippen molar-refractivity contribution in [1.82, 2.24) is 4.90 Å². The maximum Gasteiger partial charge on any atom is 0.250 e. The molecule has 4 heterocycles. The fraction of sp³-hybridized carbons (Fsp3) is 0.348. The van der Waals surface area contributed by atoms with Gasteiger partial charge in [-0.25, -0.2) is 4.90 Å². The normalized spacial score (nSPS) is 31.4. The fourth-order valence-corrected chi connectivity index (χ4v) is 6.80. The van der Waals surface area contributed by atoms with Crippen LogP contribution in [0.2, 0.25) is 5.02 Å². The van der Waals surface area contributed by atoms with Gasteiger partial charge in [0.05, 0.1) is 23.2 Å². The third-order valence-electron chi connectivity index (χ3n) is 7.43. The second-order valence-electron chi connectivity index (χ2n) is 8.71. The van der Waals surface area contributed by atoms with Crippen LogP contribution in [0.1, 0.15) is 24.0 Å². The second-order valence-corrected chi connectivity index (χ2v) is 10.0. The van der Waals surface area contributed by atoms with Crippen molar-refractivity contribution in [1.29, 1.82) is 0 Å². The summed E-state index contributed by atoms with van der Waals surface area (Å²) in [4.78, 5) is 44.6. The van der Waals surface area contributed by atoms with Gasteiger partial charge in [0.1, 0.15) is 5.54 Å². The number of carbonyl (C=O) groups excluding carboxylic acids is 3. The minimum Gasteiger partial charge on any atom is -0.324 e. The Hall–Kier alpha value is -2.22. The summed E-state index contributed by atoms with van der Waals surface area (Å²) in [6.07, 6.45) is 1.69. The number of hydrogen-bond acceptors (Lipinski definition) is 4. The molecule has 4 aliphatic rings. The number of hydrogen-bond donors (Lipinski definition) is 1. The predicted octanol–water partition coefficient (Wildman–Crippen LogP) is 3.84. The second kappa shape index (κ2) is 6.40. The average molecular weight is 501 g/mol. The number of imide groups is 1. The molecule has 6 rings (SSSR count). The van der Waals surface area contributed by atoms with Crippen LogP contribution in [0.5, 0.6) is 0 Å². The molecule has 0 aliphatic carbocycles. The van der Waals surface area contributed by atoms with Gasteiger partial charge in [0.25, 0.3) is 0 Å². The molecule has 4 aliphatic heterocycles. The van der Waals surface area contributed by atoms with Crippen LogP contribution < -0.4 is 10.2 Å². The van der Waals surface area contributed by atoms with Gasteiger partial charge in [-0.1, -0.05) is 39.7 Å². The average Bonchev–Trinajstić information content (AvgIpc) is 3.43. The molecule has 0 bridgehead atoms. The molecule has 2 aromatic carbocycles. The topological polar surface area (TPSA) is 69.7 Å². The van der Waals surface area contributed by atoms with Crippen LogP contribution in [-0.4, -0.2) is 35.2 Å². The van der Waals surface area contributed by atoms with Gasteiger partial charge in [-0.2, -0.15) is 0 Å². The van der Waals surface area contributed by atoms with E-state index in [0.717, 1.165) is 28.4 Å². The van der Waals surface area contributed by atoms with Crippen molar-refractivity contribution in [3.05, 3.63) is 57.0 Å². The molecular weight excluding hydrogens is 482 g/mol. The van der Waals surface area contributed by atoms with Crippen molar-refractivity contribution >= 4 is 56.6 Å². The van der Waals surface area contributed by atoms with E-state index in [1.807, 2.05) is 19.1 Å². The first-order chi connectivity index (χ1) is 14.9. The quantitative estimate of drug-likeness (QED) is 0.604. The van der Waals surface area contributed by atoms with Crippen molar-refractivity contribution in [2.24, 2.45) is 11.8 Å². The first-order valence-corrected chi connectivity index (χ1v) is 11.6. The highest BCUT2D eigenvalue weighted by molar-refractivity contribution is 9.10. The lowest BCUT2D eigenvalue weighted by atomic mass is 9.75. The lowest BCUT2D eigenvalue weighted by Crippen LogP contribution is -2.54. The van der Waals surface area contributed by atoms with Gasteiger partial charge in [0.2, 0.25) is 17.7 Å². The van der Waals surface area contributed by atoms with Crippen molar-refractivity contribution in [3.8, 4) is 0 Å². The molecule has 158 valence electrons. The maximum atomic E-state index is 13.9. The van der Waals surface area contributed by atoms with Crippen molar-refractivity contribution < 1.29 is 14.4 Å². The summed E-state index contributed by atoms with van der Waals surface area (Å²) in [6.45, 7) is 2.55. The Morgan fingerprint density at radius 1 is 1.16 bits per heavy atom. The van der Waals surface area contributed by atoms with E-state index in [-0.39, 0.29) is 23.8 Å². The van der Waals surface area contributed by atoms with Gasteiger partial charge in [-0.15, -0.1) is 0 Å². The van der Waals surface area contributed by atoms with E-state index in [0.29, 0.717) is 22.9 Å². The minimum atomic E-state index is -1.18. The van der Waals surface area contributed by atoms with E-state index >= 15 is 0 Å². The SMILES string of the molecule is Cc1c(Cl)ccc2c1NC(=O)[C@@]21[C@@H]2C(=O)N(c3cccc(Br)c3)C(=O)[C@H]2[C@@H]2CCCN21. The molecule has 0 aromatic heterocycles. The molecule has 8 heteroatoms. The molecule has 0 saturated carbocycles. The van der Waals surface area contributed by atoms with Crippen LogP contribution in [0.3, 0.4) is 0 Å². The Bertz CT molecular complexity index is 1200. The smallest absolute Gasteiger partial charge is 0.250 e. The summed E-state index contributed by atoms with van der Waals surface area (Å²) in [6, 6.07) is 10.7. The van der Waals surface area contributed by atoms with Gasteiger partial charge >= 0.3 is 0 Å². The van der Waals surface area contributed by atoms with Crippen LogP contribution in [0.15, 0.2) is 40.9 Å². The van der Waals surface area contributed by atoms with Gasteiger partial charge in [0.15, 0.2) is 0 Å². The third-order valence-corrected chi connectivity index (χ3v) is 8.33. The van der Waals surface area contributed by atoms with Crippen LogP contribution in [0.4, 0.5) is 11.4 Å². The van der Waals surface area contributed by atoms with E-state index < -0.39 is 17.4 Å². The number of nitrogens with one attached hydrogen (secondary N) is 1. The van der Waals surface area contributed by atoms with Gasteiger partial charge in [-0.3, -0.25) is 19.3 Å². The molecule has 31 heavy (non-hydrogen) atoms. The Morgan fingerprint density at radius 2 is 1.97 bits per heavy atom. The summed E-state index contributed by atoms with van der Waals surface area (Å²) < 4.78 is 0.786.